The summed E-state index contributed by atoms with van der Waals surface area (Å²) < 4.78 is 1.26. The van der Waals surface area contributed by atoms with Crippen molar-refractivity contribution >= 4 is 26.4 Å². The van der Waals surface area contributed by atoms with E-state index >= 15 is 0 Å². The first-order valence-corrected chi connectivity index (χ1v) is 17.4. The van der Waals surface area contributed by atoms with Crippen molar-refractivity contribution < 1.29 is 49.0 Å². The molecule has 0 nitrogen and oxygen atoms in total. The van der Waals surface area contributed by atoms with E-state index < -0.39 is 0 Å². The fourth-order valence-corrected chi connectivity index (χ4v) is 6.47. The Kier molecular flexibility index (Phi) is 16.3. The number of hydrogen-bond donors (Lipinski definition) is 0. The van der Waals surface area contributed by atoms with Gasteiger partial charge >= 0.3 is 120 Å². The molecule has 240 valence electrons. The topological polar surface area (TPSA) is 0 Å². The Hall–Kier alpha value is -1.86. The summed E-state index contributed by atoms with van der Waals surface area (Å²) in [5.74, 6) is 0. The Morgan fingerprint density at radius 3 is 1.98 bits per heavy atom. The molecular formula is C41H42Cl4Zr-2. The second kappa shape index (κ2) is 18.6. The van der Waals surface area contributed by atoms with E-state index in [-0.39, 0.29) is 24.8 Å². The Morgan fingerprint density at radius 2 is 1.43 bits per heavy atom. The van der Waals surface area contributed by atoms with Gasteiger partial charge in [-0.25, -0.2) is 6.07 Å². The fourth-order valence-electron chi connectivity index (χ4n) is 5.32. The van der Waals surface area contributed by atoms with E-state index in [0.29, 0.717) is 5.41 Å². The molecule has 0 fully saturated rings. The van der Waals surface area contributed by atoms with Gasteiger partial charge in [-0.3, -0.25) is 0 Å². The standard InChI is InChI=1S/C15H13.C13H8Cl2.C13H21.2ClH.Zr/c1-10-3-5-14-12(7-10)9-13-8-11(2)4-6-15(13)14;14-12-5-1-3-10(8-12)7-11-4-2-6-13(15)9-11;1-5-6-7-11-8-9-12(10-11)13(2,3)4;;;/h3-7H,9H2,1-2H3;1-6,8-9H;8-10H,5-7H2,1-4H3;2*1H;/q-1;;-1;;;+2/p-2. The number of aryl methyl sites for hydroxylation is 3. The van der Waals surface area contributed by atoms with Crippen LogP contribution in [-0.4, -0.2) is 3.21 Å². The molecular weight excluding hydrogens is 725 g/mol. The Morgan fingerprint density at radius 1 is 0.826 bits per heavy atom. The van der Waals surface area contributed by atoms with Crippen molar-refractivity contribution in [3.05, 3.63) is 158 Å². The van der Waals surface area contributed by atoms with Crippen LogP contribution in [0, 0.1) is 19.9 Å². The number of rotatable bonds is 5. The number of hydrogen-bond acceptors (Lipinski definition) is 0. The molecule has 0 bridgehead atoms. The van der Waals surface area contributed by atoms with Gasteiger partial charge in [0.1, 0.15) is 0 Å². The maximum atomic E-state index is 5.98. The normalized spacial score (nSPS) is 11.0. The van der Waals surface area contributed by atoms with Crippen LogP contribution in [0.5, 0.6) is 0 Å². The van der Waals surface area contributed by atoms with Crippen LogP contribution < -0.4 is 24.8 Å². The third kappa shape index (κ3) is 11.4. The minimum Gasteiger partial charge on any atom is -1.00 e. The summed E-state index contributed by atoms with van der Waals surface area (Å²) in [5, 5.41) is 1.53. The molecule has 1 aliphatic carbocycles. The molecule has 6 rings (SSSR count). The first-order chi connectivity index (χ1) is 20.9. The molecule has 0 atom stereocenters. The molecule has 5 heteroatoms. The third-order valence-electron chi connectivity index (χ3n) is 7.82. The van der Waals surface area contributed by atoms with E-state index in [9.17, 15) is 0 Å². The molecule has 46 heavy (non-hydrogen) atoms. The van der Waals surface area contributed by atoms with E-state index in [4.69, 9.17) is 23.2 Å². The number of benzene rings is 4. The minimum absolute atomic E-state index is 0. The predicted molar refractivity (Wildman–Crippen MR) is 188 cm³/mol. The van der Waals surface area contributed by atoms with Crippen molar-refractivity contribution in [2.75, 3.05) is 0 Å². The van der Waals surface area contributed by atoms with Gasteiger partial charge in [0.2, 0.25) is 0 Å². The molecule has 0 N–H and O–H groups in total. The largest absolute Gasteiger partial charge is 1.00 e. The summed E-state index contributed by atoms with van der Waals surface area (Å²) in [4.78, 5) is 0. The number of fused-ring (bicyclic) bond motifs is 3. The van der Waals surface area contributed by atoms with Crippen LogP contribution in [0.2, 0.25) is 10.0 Å². The molecule has 0 unspecified atom stereocenters. The van der Waals surface area contributed by atoms with Crippen LogP contribution in [0.3, 0.4) is 0 Å². The van der Waals surface area contributed by atoms with Gasteiger partial charge in [0.25, 0.3) is 0 Å². The minimum atomic E-state index is 0. The average Bonchev–Trinajstić information content (AvgIpc) is 3.60. The van der Waals surface area contributed by atoms with Crippen LogP contribution in [0.25, 0.3) is 11.1 Å². The summed E-state index contributed by atoms with van der Waals surface area (Å²) in [5.41, 5.74) is 13.8. The average molecular weight is 768 g/mol. The second-order valence-corrected chi connectivity index (χ2v) is 14.7. The van der Waals surface area contributed by atoms with Gasteiger partial charge in [-0.05, 0) is 18.9 Å². The quantitative estimate of drug-likeness (QED) is 0.194. The molecule has 5 aromatic rings. The molecule has 5 aromatic carbocycles. The first kappa shape index (κ1) is 40.3. The van der Waals surface area contributed by atoms with Crippen LogP contribution in [-0.2, 0) is 42.5 Å². The summed E-state index contributed by atoms with van der Waals surface area (Å²) in [6.07, 6.45) is 4.89. The van der Waals surface area contributed by atoms with E-state index in [1.807, 2.05) is 36.4 Å². The Labute approximate surface area is 314 Å². The Bertz CT molecular complexity index is 1630. The molecule has 0 aromatic heterocycles. The maximum Gasteiger partial charge on any atom is -1.00 e. The summed E-state index contributed by atoms with van der Waals surface area (Å²) in [6, 6.07) is 37.2. The van der Waals surface area contributed by atoms with E-state index in [1.54, 1.807) is 0 Å². The first-order valence-electron chi connectivity index (χ1n) is 15.4. The van der Waals surface area contributed by atoms with Crippen molar-refractivity contribution in [1.29, 1.82) is 0 Å². The molecule has 0 saturated carbocycles. The number of halogens is 4. The summed E-state index contributed by atoms with van der Waals surface area (Å²) >= 11 is 13.3. The maximum absolute atomic E-state index is 5.98. The van der Waals surface area contributed by atoms with Gasteiger partial charge in [0, 0.05) is 0 Å². The molecule has 0 heterocycles. The fraction of sp³-hybridized carbons (Fsp3) is 0.268. The van der Waals surface area contributed by atoms with Crippen molar-refractivity contribution in [1.82, 2.24) is 0 Å². The third-order valence-corrected chi connectivity index (χ3v) is 9.71. The van der Waals surface area contributed by atoms with Crippen molar-refractivity contribution in [3.63, 3.8) is 0 Å². The van der Waals surface area contributed by atoms with E-state index in [2.05, 4.69) is 108 Å². The second-order valence-electron chi connectivity index (χ2n) is 12.6. The molecule has 0 amide bonds. The van der Waals surface area contributed by atoms with Crippen molar-refractivity contribution in [2.45, 2.75) is 72.6 Å². The van der Waals surface area contributed by atoms with E-state index in [1.165, 1.54) is 91.2 Å². The monoisotopic (exact) mass is 764 g/mol. The van der Waals surface area contributed by atoms with Gasteiger partial charge in [-0.1, -0.05) is 88.6 Å². The van der Waals surface area contributed by atoms with Crippen LogP contribution in [0.4, 0.5) is 0 Å². The van der Waals surface area contributed by atoms with Gasteiger partial charge in [0.15, 0.2) is 0 Å². The van der Waals surface area contributed by atoms with Crippen LogP contribution in [0.15, 0.2) is 97.1 Å². The molecule has 1 aliphatic rings. The van der Waals surface area contributed by atoms with Gasteiger partial charge in [0.05, 0.1) is 0 Å². The van der Waals surface area contributed by atoms with E-state index in [0.717, 1.165) is 27.6 Å². The van der Waals surface area contributed by atoms with Crippen molar-refractivity contribution in [2.24, 2.45) is 0 Å². The SMILES string of the molecule is CCCCc1cc(C(C)(C)C)c[cH-]1.Cc1[c-]c2c(cc1)-c1ccc(C)cc1C2.Clc1cccc([C](=[Zr+2])c2cccc(Cl)c2)c1.[Cl-].[Cl-]. The summed E-state index contributed by atoms with van der Waals surface area (Å²) in [6.45, 7) is 13.3. The van der Waals surface area contributed by atoms with Gasteiger partial charge < -0.3 is 24.8 Å². The molecule has 0 saturated heterocycles. The molecule has 0 radical (unpaired) electrons. The Balaban J connectivity index is 0.000000236. The summed E-state index contributed by atoms with van der Waals surface area (Å²) in [7, 11) is 0. The smallest absolute Gasteiger partial charge is 1.00 e. The zero-order chi connectivity index (χ0) is 31.9. The van der Waals surface area contributed by atoms with Crippen LogP contribution in [0.1, 0.15) is 85.0 Å². The van der Waals surface area contributed by atoms with Gasteiger partial charge in [-0.2, -0.15) is 47.0 Å². The molecule has 0 spiro atoms. The molecule has 0 aliphatic heterocycles. The van der Waals surface area contributed by atoms with Gasteiger partial charge in [-0.15, -0.1) is 11.1 Å². The number of unbranched alkanes of at least 4 members (excludes halogenated alkanes) is 1. The zero-order valence-corrected chi connectivity index (χ0v) is 33.1. The van der Waals surface area contributed by atoms with Crippen molar-refractivity contribution in [3.8, 4) is 11.1 Å². The predicted octanol–water partition coefficient (Wildman–Crippen LogP) is 5.84. The zero-order valence-electron chi connectivity index (χ0n) is 27.6. The van der Waals surface area contributed by atoms with Crippen LogP contribution >= 0.6 is 23.2 Å².